The average Bonchev–Trinajstić information content (AvgIpc) is 3.00. The number of hydrazine groups is 1. The van der Waals surface area contributed by atoms with Crippen LogP contribution in [0, 0.1) is 0 Å². The molecule has 1 N–H and O–H groups in total. The fourth-order valence-electron chi connectivity index (χ4n) is 2.72. The molecule has 0 bridgehead atoms. The summed E-state index contributed by atoms with van der Waals surface area (Å²) in [6.45, 7) is 6.24. The number of amides is 2. The molecular weight excluding hydrogens is 504 g/mol. The summed E-state index contributed by atoms with van der Waals surface area (Å²) in [4.78, 5) is 25.3. The predicted molar refractivity (Wildman–Crippen MR) is 119 cm³/mol. The summed E-state index contributed by atoms with van der Waals surface area (Å²) in [5.41, 5.74) is 3.78. The van der Waals surface area contributed by atoms with E-state index in [1.54, 1.807) is 36.4 Å². The summed E-state index contributed by atoms with van der Waals surface area (Å²) in [5, 5.41) is 1.22. The van der Waals surface area contributed by atoms with E-state index in [1.165, 1.54) is 11.1 Å². The number of hydrogen-bond acceptors (Lipinski definition) is 4. The zero-order valence-corrected chi connectivity index (χ0v) is 18.7. The van der Waals surface area contributed by atoms with Crippen LogP contribution in [0.4, 0.5) is 5.69 Å². The normalized spacial score (nSPS) is 14.9. The molecule has 1 aliphatic rings. The second-order valence-electron chi connectivity index (χ2n) is 5.93. The van der Waals surface area contributed by atoms with Crippen molar-refractivity contribution in [1.82, 2.24) is 5.43 Å². The molecule has 0 saturated carbocycles. The number of nitrogens with one attached hydrogen (secondary N) is 1. The number of hydrogen-bond donors (Lipinski definition) is 1. The van der Waals surface area contributed by atoms with Gasteiger partial charge in [0.2, 0.25) is 0 Å². The van der Waals surface area contributed by atoms with Crippen molar-refractivity contribution in [3.05, 3.63) is 69.1 Å². The van der Waals surface area contributed by atoms with Gasteiger partial charge in [0.05, 0.1) is 16.8 Å². The number of rotatable bonds is 7. The van der Waals surface area contributed by atoms with Gasteiger partial charge in [-0.1, -0.05) is 30.9 Å². The van der Waals surface area contributed by atoms with Crippen LogP contribution in [-0.2, 0) is 9.59 Å². The highest BCUT2D eigenvalue weighted by atomic mass is 79.9. The molecule has 1 aliphatic heterocycles. The van der Waals surface area contributed by atoms with Crippen LogP contribution in [0.15, 0.2) is 63.6 Å². The SMILES string of the molecule is C=CCOc1c(OCC)cc(/C=C2/C(=O)NN(c3ccccc3)C2=O)c(Br)c1Br. The van der Waals surface area contributed by atoms with E-state index in [0.717, 1.165) is 0 Å². The molecule has 0 aliphatic carbocycles. The second-order valence-corrected chi connectivity index (χ2v) is 7.51. The molecule has 0 unspecified atom stereocenters. The highest BCUT2D eigenvalue weighted by molar-refractivity contribution is 9.13. The Kier molecular flexibility index (Phi) is 6.76. The molecule has 0 atom stereocenters. The van der Waals surface area contributed by atoms with Gasteiger partial charge in [0.25, 0.3) is 11.8 Å². The Bertz CT molecular complexity index is 990. The van der Waals surface area contributed by atoms with Crippen molar-refractivity contribution in [3.63, 3.8) is 0 Å². The van der Waals surface area contributed by atoms with Crippen molar-refractivity contribution >= 4 is 55.4 Å². The van der Waals surface area contributed by atoms with Gasteiger partial charge in [0, 0.05) is 4.47 Å². The Morgan fingerprint density at radius 2 is 1.86 bits per heavy atom. The first-order chi connectivity index (χ1) is 14.0. The third-order valence-corrected chi connectivity index (χ3v) is 6.15. The van der Waals surface area contributed by atoms with Crippen molar-refractivity contribution in [2.45, 2.75) is 6.92 Å². The van der Waals surface area contributed by atoms with Gasteiger partial charge in [-0.3, -0.25) is 15.0 Å². The molecule has 2 amide bonds. The van der Waals surface area contributed by atoms with Crippen molar-refractivity contribution < 1.29 is 19.1 Å². The molecule has 2 aromatic carbocycles. The molecule has 29 heavy (non-hydrogen) atoms. The van der Waals surface area contributed by atoms with Gasteiger partial charge in [-0.15, -0.1) is 0 Å². The van der Waals surface area contributed by atoms with Crippen LogP contribution < -0.4 is 19.9 Å². The Morgan fingerprint density at radius 3 is 2.52 bits per heavy atom. The molecule has 0 radical (unpaired) electrons. The van der Waals surface area contributed by atoms with Crippen molar-refractivity contribution in [3.8, 4) is 11.5 Å². The summed E-state index contributed by atoms with van der Waals surface area (Å²) in [5.74, 6) is 0.0805. The van der Waals surface area contributed by atoms with Gasteiger partial charge in [0.15, 0.2) is 11.5 Å². The van der Waals surface area contributed by atoms with E-state index >= 15 is 0 Å². The monoisotopic (exact) mass is 520 g/mol. The smallest absolute Gasteiger partial charge is 0.282 e. The predicted octanol–water partition coefficient (Wildman–Crippen LogP) is 4.64. The molecule has 1 heterocycles. The number of ether oxygens (including phenoxy) is 2. The highest BCUT2D eigenvalue weighted by Crippen LogP contribution is 2.43. The molecule has 8 heteroatoms. The summed E-state index contributed by atoms with van der Waals surface area (Å²) in [6.07, 6.45) is 3.15. The molecule has 0 aromatic heterocycles. The Hall–Kier alpha value is -2.58. The van der Waals surface area contributed by atoms with E-state index in [0.29, 0.717) is 44.9 Å². The Labute approximate surface area is 185 Å². The zero-order chi connectivity index (χ0) is 21.0. The minimum absolute atomic E-state index is 0.0173. The number of halogens is 2. The summed E-state index contributed by atoms with van der Waals surface area (Å²) < 4.78 is 12.6. The van der Waals surface area contributed by atoms with E-state index in [-0.39, 0.29) is 5.57 Å². The number of anilines is 1. The fraction of sp³-hybridized carbons (Fsp3) is 0.143. The van der Waals surface area contributed by atoms with Crippen molar-refractivity contribution in [1.29, 1.82) is 0 Å². The minimum atomic E-state index is -0.480. The lowest BCUT2D eigenvalue weighted by Gasteiger charge is -2.16. The third-order valence-electron chi connectivity index (χ3n) is 4.01. The van der Waals surface area contributed by atoms with Crippen LogP contribution in [0.3, 0.4) is 0 Å². The van der Waals surface area contributed by atoms with E-state index in [9.17, 15) is 9.59 Å². The van der Waals surface area contributed by atoms with Crippen LogP contribution in [-0.4, -0.2) is 25.0 Å². The van der Waals surface area contributed by atoms with E-state index < -0.39 is 11.8 Å². The van der Waals surface area contributed by atoms with E-state index in [1.807, 2.05) is 13.0 Å². The fourth-order valence-corrected chi connectivity index (χ4v) is 3.67. The molecule has 0 spiro atoms. The van der Waals surface area contributed by atoms with Crippen molar-refractivity contribution in [2.75, 3.05) is 18.2 Å². The van der Waals surface area contributed by atoms with E-state index in [2.05, 4.69) is 43.9 Å². The highest BCUT2D eigenvalue weighted by Gasteiger charge is 2.34. The number of para-hydroxylation sites is 1. The van der Waals surface area contributed by atoms with E-state index in [4.69, 9.17) is 9.47 Å². The molecule has 1 fully saturated rings. The maximum atomic E-state index is 12.8. The Morgan fingerprint density at radius 1 is 1.14 bits per heavy atom. The largest absolute Gasteiger partial charge is 0.490 e. The van der Waals surface area contributed by atoms with Gasteiger partial charge in [-0.25, -0.2) is 5.01 Å². The van der Waals surface area contributed by atoms with Gasteiger partial charge in [0.1, 0.15) is 12.2 Å². The van der Waals surface area contributed by atoms with Gasteiger partial charge >= 0.3 is 0 Å². The zero-order valence-electron chi connectivity index (χ0n) is 15.6. The Balaban J connectivity index is 2.02. The lowest BCUT2D eigenvalue weighted by Crippen LogP contribution is -2.35. The number of nitrogens with zero attached hydrogens (tertiary/aromatic N) is 1. The topological polar surface area (TPSA) is 67.9 Å². The van der Waals surface area contributed by atoms with Crippen LogP contribution >= 0.6 is 31.9 Å². The van der Waals surface area contributed by atoms with Crippen LogP contribution in [0.1, 0.15) is 12.5 Å². The number of carbonyl (C=O) groups excluding carboxylic acids is 2. The lowest BCUT2D eigenvalue weighted by atomic mass is 10.1. The van der Waals surface area contributed by atoms with Crippen LogP contribution in [0.2, 0.25) is 0 Å². The first kappa shape index (κ1) is 21.1. The molecule has 150 valence electrons. The van der Waals surface area contributed by atoms with Crippen molar-refractivity contribution in [2.24, 2.45) is 0 Å². The molecule has 2 aromatic rings. The first-order valence-corrected chi connectivity index (χ1v) is 10.4. The minimum Gasteiger partial charge on any atom is -0.490 e. The second kappa shape index (κ2) is 9.28. The standard InChI is InChI=1S/C21H18Br2N2O4/c1-3-10-29-19-16(28-4-2)12-13(17(22)18(19)23)11-15-20(26)24-25(21(15)27)14-8-6-5-7-9-14/h3,5-9,11-12H,1,4,10H2,2H3,(H,24,26)/b15-11-. The van der Waals surface area contributed by atoms with Crippen LogP contribution in [0.25, 0.3) is 6.08 Å². The molecule has 1 saturated heterocycles. The van der Waals surface area contributed by atoms with Gasteiger partial charge in [-0.2, -0.15) is 0 Å². The molecule has 3 rings (SSSR count). The summed E-state index contributed by atoms with van der Waals surface area (Å²) in [7, 11) is 0. The average molecular weight is 522 g/mol. The van der Waals surface area contributed by atoms with Gasteiger partial charge in [-0.05, 0) is 68.6 Å². The molecular formula is C21H18Br2N2O4. The first-order valence-electron chi connectivity index (χ1n) is 8.78. The number of carbonyl (C=O) groups is 2. The summed E-state index contributed by atoms with van der Waals surface area (Å²) in [6, 6.07) is 10.6. The van der Waals surface area contributed by atoms with Crippen LogP contribution in [0.5, 0.6) is 11.5 Å². The maximum Gasteiger partial charge on any atom is 0.282 e. The molecule has 6 nitrogen and oxygen atoms in total. The summed E-state index contributed by atoms with van der Waals surface area (Å²) >= 11 is 7.00. The quantitative estimate of drug-likeness (QED) is 0.327. The lowest BCUT2D eigenvalue weighted by molar-refractivity contribution is -0.117. The number of benzene rings is 2. The maximum absolute atomic E-state index is 12.8. The third kappa shape index (κ3) is 4.38. The van der Waals surface area contributed by atoms with Gasteiger partial charge < -0.3 is 9.47 Å².